The molecule has 0 unspecified atom stereocenters. The Morgan fingerprint density at radius 3 is 2.52 bits per heavy atom. The zero-order valence-electron chi connectivity index (χ0n) is 16.0. The molecule has 0 spiro atoms. The summed E-state index contributed by atoms with van der Waals surface area (Å²) in [5.41, 5.74) is 0.985. The fourth-order valence-corrected chi connectivity index (χ4v) is 3.56. The van der Waals surface area contributed by atoms with Crippen LogP contribution in [0.4, 0.5) is 8.78 Å². The van der Waals surface area contributed by atoms with Crippen molar-refractivity contribution in [2.75, 3.05) is 19.7 Å². The first-order valence-electron chi connectivity index (χ1n) is 9.31. The second kappa shape index (κ2) is 9.04. The number of rotatable bonds is 5. The Hall–Kier alpha value is -2.94. The molecule has 1 amide bonds. The molecular weight excluding hydrogens is 382 g/mol. The number of oxime groups is 1. The van der Waals surface area contributed by atoms with Gasteiger partial charge in [0.25, 0.3) is 0 Å². The molecule has 0 saturated carbocycles. The van der Waals surface area contributed by atoms with Crippen molar-refractivity contribution in [2.45, 2.75) is 32.1 Å². The Bertz CT molecular complexity index is 908. The minimum absolute atomic E-state index is 0.0238. The van der Waals surface area contributed by atoms with Crippen LogP contribution in [0.2, 0.25) is 0 Å². The maximum atomic E-state index is 13.8. The van der Waals surface area contributed by atoms with Gasteiger partial charge < -0.3 is 15.2 Å². The average Bonchev–Trinajstić information content (AvgIpc) is 2.72. The molecule has 1 aliphatic heterocycles. The van der Waals surface area contributed by atoms with Gasteiger partial charge in [0.1, 0.15) is 23.2 Å². The second-order valence-corrected chi connectivity index (χ2v) is 6.95. The number of aryl methyl sites for hydroxylation is 1. The van der Waals surface area contributed by atoms with E-state index in [1.54, 1.807) is 11.8 Å². The van der Waals surface area contributed by atoms with Crippen molar-refractivity contribution in [1.29, 1.82) is 0 Å². The lowest BCUT2D eigenvalue weighted by Crippen LogP contribution is -2.39. The van der Waals surface area contributed by atoms with E-state index in [0.717, 1.165) is 12.1 Å². The van der Waals surface area contributed by atoms with Crippen molar-refractivity contribution < 1.29 is 23.9 Å². The molecule has 1 aliphatic rings. The van der Waals surface area contributed by atoms with Gasteiger partial charge >= 0.3 is 0 Å². The first-order chi connectivity index (χ1) is 13.9. The molecular formula is C20H22F2N4O3. The highest BCUT2D eigenvalue weighted by atomic mass is 19.1. The van der Waals surface area contributed by atoms with Crippen molar-refractivity contribution in [1.82, 2.24) is 14.9 Å². The number of halogens is 2. The molecule has 29 heavy (non-hydrogen) atoms. The molecule has 1 aromatic carbocycles. The van der Waals surface area contributed by atoms with E-state index in [1.165, 1.54) is 12.3 Å². The first-order valence-corrected chi connectivity index (χ1v) is 9.31. The summed E-state index contributed by atoms with van der Waals surface area (Å²) >= 11 is 0. The Morgan fingerprint density at radius 1 is 1.28 bits per heavy atom. The lowest BCUT2D eigenvalue weighted by atomic mass is 9.89. The largest absolute Gasteiger partial charge is 0.411 e. The molecule has 0 bridgehead atoms. The van der Waals surface area contributed by atoms with Crippen LogP contribution in [0.25, 0.3) is 0 Å². The maximum absolute atomic E-state index is 13.8. The lowest BCUT2D eigenvalue weighted by molar-refractivity contribution is -0.131. The van der Waals surface area contributed by atoms with Crippen LogP contribution < -0.4 is 0 Å². The summed E-state index contributed by atoms with van der Waals surface area (Å²) in [5, 5.41) is 21.7. The molecule has 1 saturated heterocycles. The van der Waals surface area contributed by atoms with Crippen molar-refractivity contribution in [3.8, 4) is 0 Å². The van der Waals surface area contributed by atoms with Crippen LogP contribution in [0.5, 0.6) is 0 Å². The summed E-state index contributed by atoms with van der Waals surface area (Å²) in [6, 6.07) is 3.54. The second-order valence-electron chi connectivity index (χ2n) is 6.95. The van der Waals surface area contributed by atoms with Gasteiger partial charge in [0.2, 0.25) is 5.91 Å². The number of nitrogens with zero attached hydrogens (tertiary/aromatic N) is 4. The molecule has 0 radical (unpaired) electrons. The number of likely N-dealkylation sites (tertiary alicyclic amines) is 1. The van der Waals surface area contributed by atoms with Gasteiger partial charge in [-0.1, -0.05) is 11.2 Å². The first kappa shape index (κ1) is 20.8. The van der Waals surface area contributed by atoms with E-state index in [1.807, 2.05) is 0 Å². The van der Waals surface area contributed by atoms with E-state index in [9.17, 15) is 18.7 Å². The fraction of sp³-hybridized carbons (Fsp3) is 0.400. The Kier molecular flexibility index (Phi) is 6.48. The van der Waals surface area contributed by atoms with Gasteiger partial charge in [-0.3, -0.25) is 4.79 Å². The predicted octanol–water partition coefficient (Wildman–Crippen LogP) is 2.18. The highest BCUT2D eigenvalue weighted by molar-refractivity contribution is 6.01. The summed E-state index contributed by atoms with van der Waals surface area (Å²) in [6.45, 7) is 2.10. The zero-order chi connectivity index (χ0) is 21.0. The number of hydrogen-bond acceptors (Lipinski definition) is 6. The minimum Gasteiger partial charge on any atom is -0.411 e. The summed E-state index contributed by atoms with van der Waals surface area (Å²) in [4.78, 5) is 22.7. The van der Waals surface area contributed by atoms with Gasteiger partial charge in [0.15, 0.2) is 0 Å². The summed E-state index contributed by atoms with van der Waals surface area (Å²) in [6.07, 6.45) is 2.35. The highest BCUT2D eigenvalue weighted by Crippen LogP contribution is 2.30. The number of benzene rings is 1. The Morgan fingerprint density at radius 2 is 1.93 bits per heavy atom. The molecule has 3 rings (SSSR count). The van der Waals surface area contributed by atoms with Crippen LogP contribution in [0, 0.1) is 18.6 Å². The molecule has 2 heterocycles. The van der Waals surface area contributed by atoms with E-state index >= 15 is 0 Å². The SMILES string of the molecule is Cc1ncc(/C(CO)=N/O)c(C2CCN(C(=O)Cc3c(F)cccc3F)CC2)n1. The smallest absolute Gasteiger partial charge is 0.227 e. The predicted molar refractivity (Wildman–Crippen MR) is 101 cm³/mol. The zero-order valence-corrected chi connectivity index (χ0v) is 16.0. The van der Waals surface area contributed by atoms with Gasteiger partial charge in [-0.25, -0.2) is 18.7 Å². The third-order valence-electron chi connectivity index (χ3n) is 5.14. The third kappa shape index (κ3) is 4.56. The van der Waals surface area contributed by atoms with Crippen LogP contribution >= 0.6 is 0 Å². The number of aliphatic hydroxyl groups excluding tert-OH is 1. The van der Waals surface area contributed by atoms with Gasteiger partial charge in [-0.2, -0.15) is 0 Å². The van der Waals surface area contributed by atoms with Crippen molar-refractivity contribution >= 4 is 11.6 Å². The molecule has 2 aromatic rings. The number of amides is 1. The molecule has 0 aliphatic carbocycles. The summed E-state index contributed by atoms with van der Waals surface area (Å²) in [7, 11) is 0. The number of piperidine rings is 1. The van der Waals surface area contributed by atoms with E-state index in [4.69, 9.17) is 5.21 Å². The Labute approximate surface area is 166 Å². The summed E-state index contributed by atoms with van der Waals surface area (Å²) in [5.74, 6) is -1.26. The number of carbonyl (C=O) groups excluding carboxylic acids is 1. The quantitative estimate of drug-likeness (QED) is 0.452. The van der Waals surface area contributed by atoms with Gasteiger partial charge in [-0.15, -0.1) is 0 Å². The molecule has 7 nitrogen and oxygen atoms in total. The highest BCUT2D eigenvalue weighted by Gasteiger charge is 2.28. The normalized spacial score (nSPS) is 15.6. The van der Waals surface area contributed by atoms with E-state index in [0.29, 0.717) is 43.0 Å². The number of aliphatic hydroxyl groups is 1. The molecule has 9 heteroatoms. The fourth-order valence-electron chi connectivity index (χ4n) is 3.56. The molecule has 1 fully saturated rings. The van der Waals surface area contributed by atoms with Gasteiger partial charge in [-0.05, 0) is 31.9 Å². The van der Waals surface area contributed by atoms with E-state index < -0.39 is 18.2 Å². The molecule has 0 atom stereocenters. The van der Waals surface area contributed by atoms with Crippen molar-refractivity contribution in [3.63, 3.8) is 0 Å². The monoisotopic (exact) mass is 404 g/mol. The van der Waals surface area contributed by atoms with Gasteiger partial charge in [0, 0.05) is 36.3 Å². The number of carbonyl (C=O) groups is 1. The average molecular weight is 404 g/mol. The standard InChI is InChI=1S/C20H22F2N4O3/c1-12-23-10-15(18(11-27)25-29)20(24-12)13-5-7-26(8-6-13)19(28)9-14-16(21)3-2-4-17(14)22/h2-4,10,13,27,29H,5-9,11H2,1H3/b25-18+. The lowest BCUT2D eigenvalue weighted by Gasteiger charge is -2.32. The van der Waals surface area contributed by atoms with Crippen LogP contribution in [-0.2, 0) is 11.2 Å². The van der Waals surface area contributed by atoms with Crippen molar-refractivity contribution in [3.05, 3.63) is 58.7 Å². The third-order valence-corrected chi connectivity index (χ3v) is 5.14. The topological polar surface area (TPSA) is 98.9 Å². The van der Waals surface area contributed by atoms with Crippen molar-refractivity contribution in [2.24, 2.45) is 5.16 Å². The minimum atomic E-state index is -0.728. The summed E-state index contributed by atoms with van der Waals surface area (Å²) < 4.78 is 27.6. The van der Waals surface area contributed by atoms with E-state index in [2.05, 4.69) is 15.1 Å². The number of hydrogen-bond donors (Lipinski definition) is 2. The Balaban J connectivity index is 1.71. The maximum Gasteiger partial charge on any atom is 0.227 e. The number of aromatic nitrogens is 2. The van der Waals surface area contributed by atoms with Gasteiger partial charge in [0.05, 0.1) is 18.7 Å². The molecule has 1 aromatic heterocycles. The van der Waals surface area contributed by atoms with Crippen LogP contribution in [0.1, 0.15) is 41.4 Å². The molecule has 2 N–H and O–H groups in total. The van der Waals surface area contributed by atoms with Crippen LogP contribution in [0.3, 0.4) is 0 Å². The van der Waals surface area contributed by atoms with Crippen LogP contribution in [0.15, 0.2) is 29.6 Å². The van der Waals surface area contributed by atoms with E-state index in [-0.39, 0.29) is 29.5 Å². The molecule has 154 valence electrons. The van der Waals surface area contributed by atoms with Crippen LogP contribution in [-0.4, -0.2) is 56.5 Å².